The van der Waals surface area contributed by atoms with Crippen LogP contribution in [0.15, 0.2) is 30.3 Å². The van der Waals surface area contributed by atoms with Crippen LogP contribution in [0, 0.1) is 42.4 Å². The summed E-state index contributed by atoms with van der Waals surface area (Å²) in [6, 6.07) is 7.35. The minimum absolute atomic E-state index is 0.125. The average molecular weight is 641 g/mol. The summed E-state index contributed by atoms with van der Waals surface area (Å²) in [6.45, 7) is 1.63. The van der Waals surface area contributed by atoms with Crippen LogP contribution in [0.3, 0.4) is 0 Å². The standard InChI is InChI=1S/C36H53FN4O5/c1-6-8-19-31(42)34(44)30(23-28-17-13-10-14-18-28)38-36(46)33(26(3)7-2)39-35(45)29(22-27-15-11-9-12-16-27)24-32(43)41(5)21-20-40(4)25-37/h1-2,9,11-12,15-16,26,28-31,33-34,42,44H,8,10,13-14,17-25H2,3-5H3,(H,38,46)(H,39,45)/t26?,29?,30?,31?,33-,34?/m0/s1. The van der Waals surface area contributed by atoms with Gasteiger partial charge < -0.3 is 25.7 Å². The minimum atomic E-state index is -1.26. The molecule has 0 heterocycles. The first kappa shape index (κ1) is 38.7. The predicted molar refractivity (Wildman–Crippen MR) is 178 cm³/mol. The van der Waals surface area contributed by atoms with Gasteiger partial charge in [0.25, 0.3) is 0 Å². The first-order valence-electron chi connectivity index (χ1n) is 16.4. The van der Waals surface area contributed by atoms with E-state index in [0.717, 1.165) is 37.7 Å². The number of terminal acetylenes is 2. The van der Waals surface area contributed by atoms with Crippen LogP contribution in [0.1, 0.15) is 70.3 Å². The number of aliphatic hydroxyl groups excluding tert-OH is 2. The smallest absolute Gasteiger partial charge is 0.244 e. The van der Waals surface area contributed by atoms with E-state index >= 15 is 0 Å². The van der Waals surface area contributed by atoms with E-state index in [9.17, 15) is 29.0 Å². The highest BCUT2D eigenvalue weighted by molar-refractivity contribution is 5.91. The molecular weight excluding hydrogens is 587 g/mol. The van der Waals surface area contributed by atoms with Crippen molar-refractivity contribution in [3.05, 3.63) is 35.9 Å². The molecular formula is C36H53FN4O5. The summed E-state index contributed by atoms with van der Waals surface area (Å²) >= 11 is 0. The van der Waals surface area contributed by atoms with E-state index < -0.39 is 54.7 Å². The van der Waals surface area contributed by atoms with Crippen molar-refractivity contribution in [3.63, 3.8) is 0 Å². The SMILES string of the molecule is C#CCCC(O)C(O)C(CC1CCCCC1)NC(=O)[C@@H](NC(=O)C(CC(=O)N(C)CCN(C)CF)Cc1ccccc1)C(C)C#C. The Kier molecular flexibility index (Phi) is 17.4. The van der Waals surface area contributed by atoms with E-state index in [1.165, 1.54) is 9.80 Å². The summed E-state index contributed by atoms with van der Waals surface area (Å²) in [7, 11) is 3.22. The van der Waals surface area contributed by atoms with Gasteiger partial charge in [0, 0.05) is 38.9 Å². The molecule has 0 bridgehead atoms. The largest absolute Gasteiger partial charge is 0.390 e. The van der Waals surface area contributed by atoms with Crippen molar-refractivity contribution < 1.29 is 29.0 Å². The van der Waals surface area contributed by atoms with Crippen molar-refractivity contribution in [1.82, 2.24) is 20.4 Å². The highest BCUT2D eigenvalue weighted by atomic mass is 19.1. The molecule has 1 fully saturated rings. The number of aliphatic hydroxyl groups is 2. The van der Waals surface area contributed by atoms with Crippen molar-refractivity contribution in [2.45, 2.75) is 95.4 Å². The fourth-order valence-corrected chi connectivity index (χ4v) is 5.82. The van der Waals surface area contributed by atoms with Crippen LogP contribution >= 0.6 is 0 Å². The van der Waals surface area contributed by atoms with Crippen LogP contribution in [0.25, 0.3) is 0 Å². The van der Waals surface area contributed by atoms with Crippen molar-refractivity contribution in [3.8, 4) is 24.7 Å². The van der Waals surface area contributed by atoms with Crippen LogP contribution in [0.4, 0.5) is 4.39 Å². The maximum Gasteiger partial charge on any atom is 0.244 e. The van der Waals surface area contributed by atoms with Crippen molar-refractivity contribution in [1.29, 1.82) is 0 Å². The van der Waals surface area contributed by atoms with E-state index in [4.69, 9.17) is 12.8 Å². The lowest BCUT2D eigenvalue weighted by molar-refractivity contribution is -0.137. The van der Waals surface area contributed by atoms with Crippen molar-refractivity contribution in [2.24, 2.45) is 17.8 Å². The summed E-state index contributed by atoms with van der Waals surface area (Å²) < 4.78 is 12.9. The Labute approximate surface area is 274 Å². The number of carbonyl (C=O) groups is 3. The summed E-state index contributed by atoms with van der Waals surface area (Å²) in [4.78, 5) is 43.7. The van der Waals surface area contributed by atoms with E-state index in [1.54, 1.807) is 21.0 Å². The number of halogens is 1. The molecule has 3 amide bonds. The molecule has 2 rings (SSSR count). The predicted octanol–water partition coefficient (Wildman–Crippen LogP) is 2.90. The zero-order valence-electron chi connectivity index (χ0n) is 27.7. The number of benzene rings is 1. The molecule has 1 aromatic carbocycles. The Morgan fingerprint density at radius 1 is 1.02 bits per heavy atom. The molecule has 46 heavy (non-hydrogen) atoms. The van der Waals surface area contributed by atoms with Crippen LogP contribution in [0.2, 0.25) is 0 Å². The fraction of sp³-hybridized carbons (Fsp3) is 0.639. The van der Waals surface area contributed by atoms with Gasteiger partial charge in [-0.25, -0.2) is 4.39 Å². The van der Waals surface area contributed by atoms with Gasteiger partial charge in [-0.15, -0.1) is 24.7 Å². The second-order valence-corrected chi connectivity index (χ2v) is 12.7. The molecule has 254 valence electrons. The Bertz CT molecular complexity index is 1160. The number of likely N-dealkylation sites (N-methyl/N-ethyl adjacent to an activating group) is 2. The van der Waals surface area contributed by atoms with Gasteiger partial charge in [0.15, 0.2) is 0 Å². The topological polar surface area (TPSA) is 122 Å². The number of carbonyl (C=O) groups excluding carboxylic acids is 3. The number of hydrogen-bond acceptors (Lipinski definition) is 6. The zero-order valence-corrected chi connectivity index (χ0v) is 27.7. The van der Waals surface area contributed by atoms with Crippen LogP contribution in [-0.2, 0) is 20.8 Å². The van der Waals surface area contributed by atoms with E-state index in [0.29, 0.717) is 13.0 Å². The molecule has 9 nitrogen and oxygen atoms in total. The van der Waals surface area contributed by atoms with Crippen molar-refractivity contribution in [2.75, 3.05) is 34.0 Å². The van der Waals surface area contributed by atoms with Gasteiger partial charge in [-0.2, -0.15) is 0 Å². The third-order valence-corrected chi connectivity index (χ3v) is 8.94. The lowest BCUT2D eigenvalue weighted by Crippen LogP contribution is -2.57. The number of hydrogen-bond donors (Lipinski definition) is 4. The second kappa shape index (κ2) is 20.6. The third-order valence-electron chi connectivity index (χ3n) is 8.94. The van der Waals surface area contributed by atoms with Crippen LogP contribution < -0.4 is 10.6 Å². The van der Waals surface area contributed by atoms with Crippen LogP contribution in [-0.4, -0.2) is 96.0 Å². The molecule has 1 aliphatic carbocycles. The fourth-order valence-electron chi connectivity index (χ4n) is 5.82. The summed E-state index contributed by atoms with van der Waals surface area (Å²) in [5, 5.41) is 27.5. The molecule has 10 heteroatoms. The summed E-state index contributed by atoms with van der Waals surface area (Å²) in [5.74, 6) is 2.40. The maximum absolute atomic E-state index is 13.8. The number of alkyl halides is 1. The lowest BCUT2D eigenvalue weighted by atomic mass is 9.82. The van der Waals surface area contributed by atoms with Gasteiger partial charge in [0.2, 0.25) is 17.7 Å². The molecule has 0 radical (unpaired) electrons. The van der Waals surface area contributed by atoms with E-state index in [1.807, 2.05) is 30.3 Å². The number of rotatable bonds is 19. The van der Waals surface area contributed by atoms with E-state index in [2.05, 4.69) is 22.5 Å². The number of amides is 3. The normalized spacial score (nSPS) is 17.4. The quantitative estimate of drug-likeness (QED) is 0.136. The van der Waals surface area contributed by atoms with Crippen molar-refractivity contribution >= 4 is 17.7 Å². The molecule has 4 N–H and O–H groups in total. The first-order chi connectivity index (χ1) is 22.0. The molecule has 1 aromatic rings. The monoisotopic (exact) mass is 640 g/mol. The third kappa shape index (κ3) is 13.1. The maximum atomic E-state index is 13.8. The van der Waals surface area contributed by atoms with Gasteiger partial charge in [0.1, 0.15) is 18.9 Å². The Balaban J connectivity index is 2.26. The van der Waals surface area contributed by atoms with Gasteiger partial charge in [-0.05, 0) is 44.7 Å². The second-order valence-electron chi connectivity index (χ2n) is 12.7. The van der Waals surface area contributed by atoms with Gasteiger partial charge in [-0.3, -0.25) is 19.3 Å². The Hall–Kier alpha value is -3.44. The number of nitrogens with one attached hydrogen (secondary N) is 2. The molecule has 0 aliphatic heterocycles. The molecule has 1 aliphatic rings. The molecule has 6 atom stereocenters. The molecule has 0 spiro atoms. The Morgan fingerprint density at radius 2 is 1.70 bits per heavy atom. The number of nitrogens with zero attached hydrogens (tertiary/aromatic N) is 2. The highest BCUT2D eigenvalue weighted by Gasteiger charge is 2.35. The highest BCUT2D eigenvalue weighted by Crippen LogP contribution is 2.29. The molecule has 1 saturated carbocycles. The summed E-state index contributed by atoms with van der Waals surface area (Å²) in [5.41, 5.74) is 0.845. The average Bonchev–Trinajstić information content (AvgIpc) is 3.07. The Morgan fingerprint density at radius 3 is 2.30 bits per heavy atom. The van der Waals surface area contributed by atoms with Gasteiger partial charge in [-0.1, -0.05) is 62.4 Å². The molecule has 0 aromatic heterocycles. The summed E-state index contributed by atoms with van der Waals surface area (Å²) in [6.07, 6.45) is 15.0. The first-order valence-corrected chi connectivity index (χ1v) is 16.4. The van der Waals surface area contributed by atoms with Gasteiger partial charge in [0.05, 0.1) is 18.1 Å². The van der Waals surface area contributed by atoms with Gasteiger partial charge >= 0.3 is 0 Å². The zero-order chi connectivity index (χ0) is 34.1. The lowest BCUT2D eigenvalue weighted by Gasteiger charge is -2.34. The minimum Gasteiger partial charge on any atom is -0.390 e. The van der Waals surface area contributed by atoms with E-state index in [-0.39, 0.29) is 44.1 Å². The molecule has 5 unspecified atom stereocenters. The van der Waals surface area contributed by atoms with Crippen LogP contribution in [0.5, 0.6) is 0 Å². The molecule has 0 saturated heterocycles.